The van der Waals surface area contributed by atoms with E-state index in [1.807, 2.05) is 27.7 Å². The van der Waals surface area contributed by atoms with Crippen molar-refractivity contribution in [1.29, 1.82) is 0 Å². The fourth-order valence-corrected chi connectivity index (χ4v) is 10.9. The van der Waals surface area contributed by atoms with Gasteiger partial charge in [-0.15, -0.1) is 11.5 Å². The molecule has 0 aliphatic carbocycles. The molecule has 0 spiro atoms. The molecule has 5 atom stereocenters. The van der Waals surface area contributed by atoms with Crippen LogP contribution < -0.4 is 0 Å². The molecule has 3 unspecified atom stereocenters. The fraction of sp³-hybridized carbons (Fsp3) is 0.913. The van der Waals surface area contributed by atoms with E-state index in [0.717, 1.165) is 0 Å². The maximum Gasteiger partial charge on any atom is 0.190 e. The predicted molar refractivity (Wildman–Crippen MR) is 116 cm³/mol. The summed E-state index contributed by atoms with van der Waals surface area (Å²) in [6.45, 7) is 21.7. The van der Waals surface area contributed by atoms with Crippen LogP contribution in [0, 0.1) is 11.5 Å². The predicted octanol–water partition coefficient (Wildman–Crippen LogP) is 4.99. The summed E-state index contributed by atoms with van der Waals surface area (Å²) in [5.74, 6) is 2.18. The van der Waals surface area contributed by atoms with Crippen molar-refractivity contribution in [2.45, 2.75) is 135 Å². The number of ether oxygens (including phenoxy) is 5. The van der Waals surface area contributed by atoms with Crippen LogP contribution in [-0.2, 0) is 23.7 Å². The zero-order valence-electron chi connectivity index (χ0n) is 19.9. The Morgan fingerprint density at radius 1 is 0.724 bits per heavy atom. The van der Waals surface area contributed by atoms with Crippen LogP contribution in [0.1, 0.15) is 75.7 Å². The second-order valence-electron chi connectivity index (χ2n) is 10.6. The summed E-state index contributed by atoms with van der Waals surface area (Å²) in [5.41, 5.74) is 5.62. The SMILES string of the molecule is CC(C)[Si](C#CCC1O[C@@H]2OC(C)(C)OC2C2OC(C)(C)O[C@@H]12)(C(C)C)C(C)C. The molecule has 166 valence electrons. The summed E-state index contributed by atoms with van der Waals surface area (Å²) in [5, 5.41) is 0. The molecule has 0 amide bonds. The third kappa shape index (κ3) is 4.33. The highest BCUT2D eigenvalue weighted by atomic mass is 28.3. The Hall–Kier alpha value is -0.423. The van der Waals surface area contributed by atoms with Gasteiger partial charge >= 0.3 is 0 Å². The summed E-state index contributed by atoms with van der Waals surface area (Å²) >= 11 is 0. The van der Waals surface area contributed by atoms with Crippen LogP contribution in [0.4, 0.5) is 0 Å². The molecule has 0 aromatic carbocycles. The van der Waals surface area contributed by atoms with Gasteiger partial charge in [0.05, 0.1) is 0 Å². The van der Waals surface area contributed by atoms with Crippen molar-refractivity contribution in [3.8, 4) is 11.5 Å². The molecule has 3 aliphatic heterocycles. The van der Waals surface area contributed by atoms with Crippen LogP contribution in [0.2, 0.25) is 16.6 Å². The number of hydrogen-bond donors (Lipinski definition) is 0. The standard InChI is InChI=1S/C23H40O5Si/c1-14(2)29(15(3)4,16(5)6)13-11-12-17-18-19(26-22(7,8)25-18)20-21(24-17)28-23(9,10)27-20/h14-21H,12H2,1-10H3/t17?,18-,19?,20?,21+/m0/s1. The first-order valence-corrected chi connectivity index (χ1v) is 13.4. The molecule has 0 aromatic heterocycles. The van der Waals surface area contributed by atoms with Crippen molar-refractivity contribution >= 4 is 8.07 Å². The Bertz CT molecular complexity index is 638. The average molecular weight is 425 g/mol. The highest BCUT2D eigenvalue weighted by Crippen LogP contribution is 2.45. The second-order valence-corrected chi connectivity index (χ2v) is 16.2. The van der Waals surface area contributed by atoms with Gasteiger partial charge in [0.15, 0.2) is 17.9 Å². The second kappa shape index (κ2) is 7.92. The lowest BCUT2D eigenvalue weighted by Gasteiger charge is -2.38. The Morgan fingerprint density at radius 2 is 1.21 bits per heavy atom. The van der Waals surface area contributed by atoms with Gasteiger partial charge < -0.3 is 23.7 Å². The van der Waals surface area contributed by atoms with Crippen LogP contribution >= 0.6 is 0 Å². The van der Waals surface area contributed by atoms with E-state index in [1.165, 1.54) is 0 Å². The van der Waals surface area contributed by atoms with Crippen molar-refractivity contribution in [3.05, 3.63) is 0 Å². The molecule has 3 heterocycles. The lowest BCUT2D eigenvalue weighted by atomic mass is 9.97. The zero-order chi connectivity index (χ0) is 21.8. The lowest BCUT2D eigenvalue weighted by Crippen LogP contribution is -2.54. The molecule has 6 heteroatoms. The minimum atomic E-state index is -1.77. The van der Waals surface area contributed by atoms with Gasteiger partial charge in [0, 0.05) is 6.42 Å². The van der Waals surface area contributed by atoms with Crippen LogP contribution in [0.5, 0.6) is 0 Å². The first-order valence-electron chi connectivity index (χ1n) is 11.2. The Labute approximate surface area is 178 Å². The Morgan fingerprint density at radius 3 is 1.76 bits per heavy atom. The maximum absolute atomic E-state index is 6.31. The molecule has 0 N–H and O–H groups in total. The molecule has 3 aliphatic rings. The van der Waals surface area contributed by atoms with Crippen molar-refractivity contribution in [2.24, 2.45) is 0 Å². The minimum absolute atomic E-state index is 0.189. The van der Waals surface area contributed by atoms with Gasteiger partial charge in [-0.05, 0) is 44.3 Å². The highest BCUT2D eigenvalue weighted by molar-refractivity contribution is 6.90. The summed E-state index contributed by atoms with van der Waals surface area (Å²) < 4.78 is 30.8. The number of fused-ring (bicyclic) bond motifs is 3. The van der Waals surface area contributed by atoms with Gasteiger partial charge in [0.1, 0.15) is 32.5 Å². The molecular formula is C23H40O5Si. The van der Waals surface area contributed by atoms with Gasteiger partial charge in [-0.1, -0.05) is 41.5 Å². The summed E-state index contributed by atoms with van der Waals surface area (Å²) in [6.07, 6.45) is -0.708. The number of rotatable bonds is 4. The van der Waals surface area contributed by atoms with E-state index < -0.39 is 25.9 Å². The first-order chi connectivity index (χ1) is 13.3. The van der Waals surface area contributed by atoms with E-state index in [2.05, 4.69) is 53.0 Å². The first kappa shape index (κ1) is 23.2. The van der Waals surface area contributed by atoms with Crippen LogP contribution in [0.25, 0.3) is 0 Å². The smallest absolute Gasteiger partial charge is 0.190 e. The molecule has 0 saturated carbocycles. The van der Waals surface area contributed by atoms with Crippen molar-refractivity contribution < 1.29 is 23.7 Å². The van der Waals surface area contributed by atoms with Gasteiger partial charge in [0.2, 0.25) is 0 Å². The van der Waals surface area contributed by atoms with Crippen LogP contribution in [0.3, 0.4) is 0 Å². The van der Waals surface area contributed by atoms with Crippen LogP contribution in [-0.4, -0.2) is 50.4 Å². The monoisotopic (exact) mass is 424 g/mol. The quantitative estimate of drug-likeness (QED) is 0.470. The van der Waals surface area contributed by atoms with E-state index in [9.17, 15) is 0 Å². The Kier molecular flexibility index (Phi) is 6.35. The van der Waals surface area contributed by atoms with Gasteiger partial charge in [0.25, 0.3) is 0 Å². The fourth-order valence-electron chi connectivity index (χ4n) is 5.60. The van der Waals surface area contributed by atoms with E-state index in [4.69, 9.17) is 23.7 Å². The molecule has 3 fully saturated rings. The normalized spacial score (nSPS) is 35.6. The molecule has 5 nitrogen and oxygen atoms in total. The maximum atomic E-state index is 6.31. The number of hydrogen-bond acceptors (Lipinski definition) is 5. The van der Waals surface area contributed by atoms with Gasteiger partial charge in [-0.25, -0.2) is 0 Å². The largest absolute Gasteiger partial charge is 0.343 e. The lowest BCUT2D eigenvalue weighted by molar-refractivity contribution is -0.232. The molecule has 0 bridgehead atoms. The van der Waals surface area contributed by atoms with Crippen molar-refractivity contribution in [1.82, 2.24) is 0 Å². The third-order valence-corrected chi connectivity index (χ3v) is 13.1. The minimum Gasteiger partial charge on any atom is -0.343 e. The Balaban J connectivity index is 1.83. The molecule has 3 rings (SSSR count). The van der Waals surface area contributed by atoms with Gasteiger partial charge in [-0.2, -0.15) is 0 Å². The van der Waals surface area contributed by atoms with Crippen LogP contribution in [0.15, 0.2) is 0 Å². The van der Waals surface area contributed by atoms with Crippen molar-refractivity contribution in [3.63, 3.8) is 0 Å². The van der Waals surface area contributed by atoms with E-state index >= 15 is 0 Å². The van der Waals surface area contributed by atoms with Crippen molar-refractivity contribution in [2.75, 3.05) is 0 Å². The summed E-state index contributed by atoms with van der Waals surface area (Å²) in [6, 6.07) is 0. The average Bonchev–Trinajstić information content (AvgIpc) is 3.04. The van der Waals surface area contributed by atoms with Gasteiger partial charge in [-0.3, -0.25) is 0 Å². The third-order valence-electron chi connectivity index (χ3n) is 6.73. The van der Waals surface area contributed by atoms with E-state index in [0.29, 0.717) is 23.0 Å². The molecule has 0 aromatic rings. The topological polar surface area (TPSA) is 46.2 Å². The molecule has 0 radical (unpaired) electrons. The summed E-state index contributed by atoms with van der Waals surface area (Å²) in [7, 11) is -1.77. The van der Waals surface area contributed by atoms with E-state index in [1.54, 1.807) is 0 Å². The molecular weight excluding hydrogens is 384 g/mol. The van der Waals surface area contributed by atoms with E-state index in [-0.39, 0.29) is 24.4 Å². The molecule has 3 saturated heterocycles. The summed E-state index contributed by atoms with van der Waals surface area (Å²) in [4.78, 5) is 0. The molecule has 29 heavy (non-hydrogen) atoms. The highest BCUT2D eigenvalue weighted by Gasteiger charge is 2.60. The zero-order valence-corrected chi connectivity index (χ0v) is 20.9.